The lowest BCUT2D eigenvalue weighted by molar-refractivity contribution is 0.154. The predicted octanol–water partition coefficient (Wildman–Crippen LogP) is 1.49. The van der Waals surface area contributed by atoms with E-state index in [1.165, 1.54) is 9.87 Å². The number of hydrogen-bond acceptors (Lipinski definition) is 4. The third kappa shape index (κ3) is 3.59. The molecule has 1 aliphatic heterocycles. The number of aliphatic hydroxyl groups excluding tert-OH is 1. The number of hydrogen-bond donors (Lipinski definition) is 2. The number of aryl methyl sites for hydroxylation is 1. The highest BCUT2D eigenvalue weighted by atomic mass is 32.2. The van der Waals surface area contributed by atoms with E-state index in [1.54, 1.807) is 11.3 Å². The van der Waals surface area contributed by atoms with Crippen molar-refractivity contribution in [2.75, 3.05) is 13.2 Å². The Kier molecular flexibility index (Phi) is 5.57. The van der Waals surface area contributed by atoms with Crippen LogP contribution in [-0.2, 0) is 23.2 Å². The molecule has 2 heterocycles. The first-order chi connectivity index (χ1) is 9.58. The molecule has 2 N–H and O–H groups in total. The van der Waals surface area contributed by atoms with Crippen LogP contribution < -0.4 is 4.72 Å². The van der Waals surface area contributed by atoms with Gasteiger partial charge in [-0.2, -0.15) is 17.4 Å². The average molecular weight is 318 g/mol. The summed E-state index contributed by atoms with van der Waals surface area (Å²) in [4.78, 5) is 1.06. The van der Waals surface area contributed by atoms with E-state index in [0.717, 1.165) is 30.6 Å². The van der Waals surface area contributed by atoms with Crippen LogP contribution in [0.3, 0.4) is 0 Å². The molecule has 114 valence electrons. The first-order valence-corrected chi connectivity index (χ1v) is 9.33. The molecule has 0 bridgehead atoms. The molecule has 0 aromatic carbocycles. The van der Waals surface area contributed by atoms with E-state index in [9.17, 15) is 13.5 Å². The molecule has 20 heavy (non-hydrogen) atoms. The molecule has 1 unspecified atom stereocenters. The van der Waals surface area contributed by atoms with Gasteiger partial charge in [-0.1, -0.05) is 13.3 Å². The number of rotatable bonds is 6. The minimum absolute atomic E-state index is 0.111. The fourth-order valence-electron chi connectivity index (χ4n) is 2.55. The second-order valence-electron chi connectivity index (χ2n) is 4.99. The van der Waals surface area contributed by atoms with Gasteiger partial charge in [0.05, 0.1) is 6.61 Å². The molecular formula is C13H22N2O3S2. The molecule has 1 saturated heterocycles. The highest BCUT2D eigenvalue weighted by Crippen LogP contribution is 2.21. The Morgan fingerprint density at radius 2 is 2.30 bits per heavy atom. The summed E-state index contributed by atoms with van der Waals surface area (Å²) in [5.41, 5.74) is 1.19. The summed E-state index contributed by atoms with van der Waals surface area (Å²) in [5.74, 6) is 0. The van der Waals surface area contributed by atoms with E-state index in [4.69, 9.17) is 0 Å². The van der Waals surface area contributed by atoms with Crippen molar-refractivity contribution in [1.82, 2.24) is 9.03 Å². The molecule has 1 aliphatic rings. The molecule has 0 amide bonds. The van der Waals surface area contributed by atoms with Crippen molar-refractivity contribution in [3.05, 3.63) is 21.9 Å². The fraction of sp³-hybridized carbons (Fsp3) is 0.692. The summed E-state index contributed by atoms with van der Waals surface area (Å²) in [6, 6.07) is 1.75. The maximum absolute atomic E-state index is 12.4. The van der Waals surface area contributed by atoms with E-state index >= 15 is 0 Å². The molecule has 0 aliphatic carbocycles. The fourth-order valence-corrected chi connectivity index (χ4v) is 4.98. The largest absolute Gasteiger partial charge is 0.395 e. The lowest BCUT2D eigenvalue weighted by Crippen LogP contribution is -2.50. The molecule has 7 heteroatoms. The van der Waals surface area contributed by atoms with Crippen molar-refractivity contribution in [2.45, 2.75) is 45.2 Å². The Balaban J connectivity index is 2.03. The second-order valence-corrected chi connectivity index (χ2v) is 7.70. The molecule has 0 spiro atoms. The van der Waals surface area contributed by atoms with E-state index in [2.05, 4.69) is 11.6 Å². The van der Waals surface area contributed by atoms with Gasteiger partial charge in [0.1, 0.15) is 0 Å². The van der Waals surface area contributed by atoms with Gasteiger partial charge < -0.3 is 5.11 Å². The van der Waals surface area contributed by atoms with E-state index in [1.807, 2.05) is 11.4 Å². The molecular weight excluding hydrogens is 296 g/mol. The normalized spacial score (nSPS) is 21.2. The molecule has 1 fully saturated rings. The number of nitrogens with zero attached hydrogens (tertiary/aromatic N) is 1. The zero-order valence-corrected chi connectivity index (χ0v) is 13.3. The minimum Gasteiger partial charge on any atom is -0.395 e. The molecule has 0 radical (unpaired) electrons. The standard InChI is InChI=1S/C13H22N2O3S2/c1-2-11-6-8-19-13(11)9-14-20(17,18)15-7-4-3-5-12(15)10-16/h6,8,12,14,16H,2-5,7,9-10H2,1H3. The third-order valence-electron chi connectivity index (χ3n) is 3.73. The van der Waals surface area contributed by atoms with Crippen LogP contribution >= 0.6 is 11.3 Å². The second kappa shape index (κ2) is 7.00. The van der Waals surface area contributed by atoms with Crippen LogP contribution in [-0.4, -0.2) is 37.0 Å². The van der Waals surface area contributed by atoms with Crippen LogP contribution in [0.25, 0.3) is 0 Å². The van der Waals surface area contributed by atoms with Crippen LogP contribution in [0.2, 0.25) is 0 Å². The van der Waals surface area contributed by atoms with Gasteiger partial charge in [-0.05, 0) is 36.3 Å². The van der Waals surface area contributed by atoms with Gasteiger partial charge >= 0.3 is 0 Å². The van der Waals surface area contributed by atoms with Crippen molar-refractivity contribution in [1.29, 1.82) is 0 Å². The maximum Gasteiger partial charge on any atom is 0.280 e. The molecule has 1 aromatic rings. The Morgan fingerprint density at radius 3 is 3.00 bits per heavy atom. The minimum atomic E-state index is -3.52. The lowest BCUT2D eigenvalue weighted by atomic mass is 10.1. The van der Waals surface area contributed by atoms with Crippen molar-refractivity contribution in [3.63, 3.8) is 0 Å². The molecule has 2 rings (SSSR count). The summed E-state index contributed by atoms with van der Waals surface area (Å²) in [6.07, 6.45) is 3.47. The summed E-state index contributed by atoms with van der Waals surface area (Å²) in [7, 11) is -3.52. The van der Waals surface area contributed by atoms with Crippen LogP contribution in [0.4, 0.5) is 0 Å². The zero-order chi connectivity index (χ0) is 14.6. The van der Waals surface area contributed by atoms with Crippen molar-refractivity contribution < 1.29 is 13.5 Å². The SMILES string of the molecule is CCc1ccsc1CNS(=O)(=O)N1CCCCC1CO. The van der Waals surface area contributed by atoms with Gasteiger partial charge in [-0.25, -0.2) is 0 Å². The first kappa shape index (κ1) is 15.9. The van der Waals surface area contributed by atoms with Crippen molar-refractivity contribution >= 4 is 21.5 Å². The Hall–Kier alpha value is -0.470. The average Bonchev–Trinajstić information content (AvgIpc) is 2.92. The lowest BCUT2D eigenvalue weighted by Gasteiger charge is -2.33. The number of piperidine rings is 1. The van der Waals surface area contributed by atoms with E-state index in [-0.39, 0.29) is 12.6 Å². The van der Waals surface area contributed by atoms with Gasteiger partial charge in [0.15, 0.2) is 0 Å². The van der Waals surface area contributed by atoms with E-state index < -0.39 is 10.2 Å². The predicted molar refractivity (Wildman–Crippen MR) is 80.9 cm³/mol. The van der Waals surface area contributed by atoms with Crippen LogP contribution in [0.1, 0.15) is 36.6 Å². The Morgan fingerprint density at radius 1 is 1.50 bits per heavy atom. The Bertz CT molecular complexity index is 527. The molecule has 5 nitrogen and oxygen atoms in total. The highest BCUT2D eigenvalue weighted by molar-refractivity contribution is 7.87. The van der Waals surface area contributed by atoms with Gasteiger partial charge in [-0.3, -0.25) is 0 Å². The molecule has 0 saturated carbocycles. The smallest absolute Gasteiger partial charge is 0.280 e. The maximum atomic E-state index is 12.4. The van der Waals surface area contributed by atoms with Crippen LogP contribution in [0.5, 0.6) is 0 Å². The van der Waals surface area contributed by atoms with Gasteiger partial charge in [0.25, 0.3) is 10.2 Å². The quantitative estimate of drug-likeness (QED) is 0.835. The van der Waals surface area contributed by atoms with Gasteiger partial charge in [-0.15, -0.1) is 11.3 Å². The number of aliphatic hydroxyl groups is 1. The number of nitrogens with one attached hydrogen (secondary N) is 1. The molecule has 1 atom stereocenters. The summed E-state index contributed by atoms with van der Waals surface area (Å²) in [5, 5.41) is 11.3. The van der Waals surface area contributed by atoms with Crippen molar-refractivity contribution in [2.24, 2.45) is 0 Å². The zero-order valence-electron chi connectivity index (χ0n) is 11.7. The Labute approximate surface area is 124 Å². The third-order valence-corrected chi connectivity index (χ3v) is 6.30. The topological polar surface area (TPSA) is 69.6 Å². The number of thiophene rings is 1. The van der Waals surface area contributed by atoms with Crippen LogP contribution in [0, 0.1) is 0 Å². The van der Waals surface area contributed by atoms with Gasteiger partial charge in [0, 0.05) is 24.0 Å². The van der Waals surface area contributed by atoms with Gasteiger partial charge in [0.2, 0.25) is 0 Å². The van der Waals surface area contributed by atoms with E-state index in [0.29, 0.717) is 13.1 Å². The summed E-state index contributed by atoms with van der Waals surface area (Å²) < 4.78 is 28.8. The molecule has 1 aromatic heterocycles. The summed E-state index contributed by atoms with van der Waals surface area (Å²) >= 11 is 1.57. The highest BCUT2D eigenvalue weighted by Gasteiger charge is 2.31. The first-order valence-electron chi connectivity index (χ1n) is 7.01. The van der Waals surface area contributed by atoms with Crippen molar-refractivity contribution in [3.8, 4) is 0 Å². The monoisotopic (exact) mass is 318 g/mol. The summed E-state index contributed by atoms with van der Waals surface area (Å²) in [6.45, 7) is 2.77. The van der Waals surface area contributed by atoms with Crippen LogP contribution in [0.15, 0.2) is 11.4 Å².